The van der Waals surface area contributed by atoms with Crippen molar-refractivity contribution in [3.05, 3.63) is 59.2 Å². The first-order valence-corrected chi connectivity index (χ1v) is 10.2. The molecule has 2 aromatic carbocycles. The van der Waals surface area contributed by atoms with E-state index in [1.165, 1.54) is 0 Å². The molecule has 0 atom stereocenters. The molecule has 0 aliphatic carbocycles. The molecular weight excluding hydrogens is 348 g/mol. The Morgan fingerprint density at radius 3 is 2.31 bits per heavy atom. The molecule has 2 rings (SSSR count). The SMILES string of the molecule is Cc1ccc(S(=O)(=O)Nc2cccc(C(=O)NCCC(C)C)c2C)cc1. The first kappa shape index (κ1) is 20.0. The van der Waals surface area contributed by atoms with E-state index in [1.807, 2.05) is 6.92 Å². The van der Waals surface area contributed by atoms with Gasteiger partial charge in [0.1, 0.15) is 0 Å². The Balaban J connectivity index is 2.20. The molecule has 0 spiro atoms. The van der Waals surface area contributed by atoms with Gasteiger partial charge in [0.25, 0.3) is 15.9 Å². The van der Waals surface area contributed by atoms with Crippen LogP contribution >= 0.6 is 0 Å². The molecule has 0 fully saturated rings. The summed E-state index contributed by atoms with van der Waals surface area (Å²) in [5, 5.41) is 2.88. The molecule has 1 amide bonds. The number of rotatable bonds is 7. The van der Waals surface area contributed by atoms with E-state index in [0.717, 1.165) is 12.0 Å². The minimum atomic E-state index is -3.70. The monoisotopic (exact) mass is 374 g/mol. The number of anilines is 1. The molecule has 0 aliphatic heterocycles. The van der Waals surface area contributed by atoms with Crippen molar-refractivity contribution in [3.8, 4) is 0 Å². The van der Waals surface area contributed by atoms with Crippen molar-refractivity contribution in [2.75, 3.05) is 11.3 Å². The van der Waals surface area contributed by atoms with E-state index in [9.17, 15) is 13.2 Å². The van der Waals surface area contributed by atoms with E-state index in [0.29, 0.717) is 29.3 Å². The molecule has 0 radical (unpaired) electrons. The topological polar surface area (TPSA) is 75.3 Å². The number of carbonyl (C=O) groups excluding carboxylic acids is 1. The van der Waals surface area contributed by atoms with Crippen molar-refractivity contribution in [2.24, 2.45) is 5.92 Å². The van der Waals surface area contributed by atoms with Crippen molar-refractivity contribution in [1.29, 1.82) is 0 Å². The highest BCUT2D eigenvalue weighted by Crippen LogP contribution is 2.23. The summed E-state index contributed by atoms with van der Waals surface area (Å²) in [6, 6.07) is 11.7. The highest BCUT2D eigenvalue weighted by atomic mass is 32.2. The van der Waals surface area contributed by atoms with Crippen LogP contribution in [0.15, 0.2) is 47.4 Å². The standard InChI is InChI=1S/C20H26N2O3S/c1-14(2)12-13-21-20(23)18-6-5-7-19(16(18)4)22-26(24,25)17-10-8-15(3)9-11-17/h5-11,14,22H,12-13H2,1-4H3,(H,21,23). The maximum absolute atomic E-state index is 12.6. The molecule has 6 heteroatoms. The molecule has 0 saturated heterocycles. The van der Waals surface area contributed by atoms with Crippen LogP contribution in [0.4, 0.5) is 5.69 Å². The molecule has 140 valence electrons. The molecule has 0 aromatic heterocycles. The lowest BCUT2D eigenvalue weighted by Gasteiger charge is -2.14. The Hall–Kier alpha value is -2.34. The van der Waals surface area contributed by atoms with Crippen LogP contribution in [0.5, 0.6) is 0 Å². The minimum absolute atomic E-state index is 0.189. The molecule has 2 aromatic rings. The second-order valence-corrected chi connectivity index (χ2v) is 8.52. The predicted molar refractivity (Wildman–Crippen MR) is 105 cm³/mol. The number of benzene rings is 2. The summed E-state index contributed by atoms with van der Waals surface area (Å²) in [5.41, 5.74) is 2.46. The van der Waals surface area contributed by atoms with Crippen molar-refractivity contribution < 1.29 is 13.2 Å². The molecular formula is C20H26N2O3S. The van der Waals surface area contributed by atoms with Gasteiger partial charge < -0.3 is 5.32 Å². The van der Waals surface area contributed by atoms with Gasteiger partial charge in [0, 0.05) is 12.1 Å². The van der Waals surface area contributed by atoms with Gasteiger partial charge in [-0.3, -0.25) is 9.52 Å². The zero-order chi connectivity index (χ0) is 19.3. The third-order valence-corrected chi connectivity index (χ3v) is 5.54. The average molecular weight is 375 g/mol. The van der Waals surface area contributed by atoms with Crippen molar-refractivity contribution in [3.63, 3.8) is 0 Å². The van der Waals surface area contributed by atoms with Crippen LogP contribution in [0.3, 0.4) is 0 Å². The van der Waals surface area contributed by atoms with Crippen molar-refractivity contribution in [2.45, 2.75) is 39.0 Å². The zero-order valence-electron chi connectivity index (χ0n) is 15.7. The van der Waals surface area contributed by atoms with Crippen LogP contribution in [0, 0.1) is 19.8 Å². The third kappa shape index (κ3) is 5.08. The summed E-state index contributed by atoms with van der Waals surface area (Å²) in [6.07, 6.45) is 0.893. The van der Waals surface area contributed by atoms with Gasteiger partial charge in [0.2, 0.25) is 0 Å². The highest BCUT2D eigenvalue weighted by Gasteiger charge is 2.17. The quantitative estimate of drug-likeness (QED) is 0.772. The first-order valence-electron chi connectivity index (χ1n) is 8.68. The number of carbonyl (C=O) groups is 1. The number of amides is 1. The van der Waals surface area contributed by atoms with Crippen molar-refractivity contribution in [1.82, 2.24) is 5.32 Å². The normalized spacial score (nSPS) is 11.4. The van der Waals surface area contributed by atoms with E-state index in [1.54, 1.807) is 49.4 Å². The van der Waals surface area contributed by atoms with Crippen LogP contribution < -0.4 is 10.0 Å². The van der Waals surface area contributed by atoms with E-state index >= 15 is 0 Å². The third-order valence-electron chi connectivity index (χ3n) is 4.16. The summed E-state index contributed by atoms with van der Waals surface area (Å²) in [6.45, 7) is 8.42. The van der Waals surface area contributed by atoms with Gasteiger partial charge >= 0.3 is 0 Å². The fourth-order valence-electron chi connectivity index (χ4n) is 2.48. The number of nitrogens with one attached hydrogen (secondary N) is 2. The van der Waals surface area contributed by atoms with E-state index in [4.69, 9.17) is 0 Å². The van der Waals surface area contributed by atoms with Gasteiger partial charge in [-0.15, -0.1) is 0 Å². The van der Waals surface area contributed by atoms with Gasteiger partial charge in [-0.25, -0.2) is 8.42 Å². The Labute approximate surface area is 155 Å². The van der Waals surface area contributed by atoms with Crippen LogP contribution in [0.1, 0.15) is 41.8 Å². The molecule has 2 N–H and O–H groups in total. The van der Waals surface area contributed by atoms with Gasteiger partial charge in [0.15, 0.2) is 0 Å². The second kappa shape index (κ2) is 8.36. The second-order valence-electron chi connectivity index (χ2n) is 6.84. The maximum Gasteiger partial charge on any atom is 0.261 e. The Kier molecular flexibility index (Phi) is 6.42. The molecule has 0 aliphatic rings. The Morgan fingerprint density at radius 2 is 1.69 bits per heavy atom. The maximum atomic E-state index is 12.6. The fourth-order valence-corrected chi connectivity index (χ4v) is 3.61. The molecule has 0 heterocycles. The molecule has 0 saturated carbocycles. The van der Waals surface area contributed by atoms with Crippen LogP contribution in [-0.4, -0.2) is 20.9 Å². The van der Waals surface area contributed by atoms with Crippen LogP contribution in [-0.2, 0) is 10.0 Å². The van der Waals surface area contributed by atoms with E-state index in [2.05, 4.69) is 23.9 Å². The number of hydrogen-bond donors (Lipinski definition) is 2. The number of sulfonamides is 1. The summed E-state index contributed by atoms with van der Waals surface area (Å²) >= 11 is 0. The summed E-state index contributed by atoms with van der Waals surface area (Å²) in [7, 11) is -3.70. The van der Waals surface area contributed by atoms with Gasteiger partial charge in [-0.1, -0.05) is 37.6 Å². The summed E-state index contributed by atoms with van der Waals surface area (Å²) in [4.78, 5) is 12.6. The molecule has 5 nitrogen and oxygen atoms in total. The minimum Gasteiger partial charge on any atom is -0.352 e. The van der Waals surface area contributed by atoms with Crippen LogP contribution in [0.2, 0.25) is 0 Å². The average Bonchev–Trinajstić information content (AvgIpc) is 2.56. The first-order chi connectivity index (χ1) is 12.2. The van der Waals surface area contributed by atoms with Gasteiger partial charge in [0.05, 0.1) is 10.6 Å². The number of aryl methyl sites for hydroxylation is 1. The summed E-state index contributed by atoms with van der Waals surface area (Å²) < 4.78 is 27.7. The fraction of sp³-hybridized carbons (Fsp3) is 0.350. The van der Waals surface area contributed by atoms with E-state index in [-0.39, 0.29) is 10.8 Å². The zero-order valence-corrected chi connectivity index (χ0v) is 16.5. The predicted octanol–water partition coefficient (Wildman–Crippen LogP) is 3.88. The number of hydrogen-bond acceptors (Lipinski definition) is 3. The Morgan fingerprint density at radius 1 is 1.04 bits per heavy atom. The Bertz CT molecular complexity index is 872. The van der Waals surface area contributed by atoms with Crippen molar-refractivity contribution >= 4 is 21.6 Å². The smallest absolute Gasteiger partial charge is 0.261 e. The molecule has 26 heavy (non-hydrogen) atoms. The summed E-state index contributed by atoms with van der Waals surface area (Å²) in [5.74, 6) is 0.309. The lowest BCUT2D eigenvalue weighted by Crippen LogP contribution is -2.26. The van der Waals surface area contributed by atoms with E-state index < -0.39 is 10.0 Å². The highest BCUT2D eigenvalue weighted by molar-refractivity contribution is 7.92. The molecule has 0 bridgehead atoms. The lowest BCUT2D eigenvalue weighted by molar-refractivity contribution is 0.0951. The van der Waals surface area contributed by atoms with Gasteiger partial charge in [-0.05, 0) is 56.0 Å². The lowest BCUT2D eigenvalue weighted by atomic mass is 10.1. The van der Waals surface area contributed by atoms with Crippen LogP contribution in [0.25, 0.3) is 0 Å². The molecule has 0 unspecified atom stereocenters. The van der Waals surface area contributed by atoms with Gasteiger partial charge in [-0.2, -0.15) is 0 Å². The largest absolute Gasteiger partial charge is 0.352 e.